The molecule has 0 bridgehead atoms. The van der Waals surface area contributed by atoms with Crippen molar-refractivity contribution in [2.75, 3.05) is 4.90 Å². The molecule has 0 aliphatic heterocycles. The maximum Gasteiger partial charge on any atom is 0.0467 e. The van der Waals surface area contributed by atoms with Crippen molar-refractivity contribution in [3.63, 3.8) is 0 Å². The summed E-state index contributed by atoms with van der Waals surface area (Å²) in [7, 11) is 0. The Balaban J connectivity index is 1.30. The van der Waals surface area contributed by atoms with Gasteiger partial charge in [0.25, 0.3) is 0 Å². The van der Waals surface area contributed by atoms with Crippen LogP contribution >= 0.6 is 0 Å². The van der Waals surface area contributed by atoms with Crippen molar-refractivity contribution in [2.24, 2.45) is 0 Å². The zero-order chi connectivity index (χ0) is 34.2. The Labute approximate surface area is 297 Å². The van der Waals surface area contributed by atoms with Gasteiger partial charge in [0.1, 0.15) is 0 Å². The van der Waals surface area contributed by atoms with E-state index in [2.05, 4.69) is 196 Å². The largest absolute Gasteiger partial charge is 0.310 e. The highest BCUT2D eigenvalue weighted by atomic mass is 15.1. The molecular formula is C49H43N. The predicted octanol–water partition coefficient (Wildman–Crippen LogP) is 13.6. The lowest BCUT2D eigenvalue weighted by molar-refractivity contribution is 0.660. The lowest BCUT2D eigenvalue weighted by atomic mass is 9.82. The molecule has 1 nitrogen and oxygen atoms in total. The summed E-state index contributed by atoms with van der Waals surface area (Å²) >= 11 is 0. The molecule has 50 heavy (non-hydrogen) atoms. The first-order valence-corrected chi connectivity index (χ1v) is 18.0. The smallest absolute Gasteiger partial charge is 0.0467 e. The molecule has 0 aromatic heterocycles. The van der Waals surface area contributed by atoms with Crippen LogP contribution in [0.3, 0.4) is 0 Å². The number of anilines is 3. The third-order valence-electron chi connectivity index (χ3n) is 10.7. The van der Waals surface area contributed by atoms with Gasteiger partial charge in [-0.2, -0.15) is 0 Å². The lowest BCUT2D eigenvalue weighted by Gasteiger charge is -2.29. The number of hydrogen-bond acceptors (Lipinski definition) is 1. The first-order valence-electron chi connectivity index (χ1n) is 18.0. The summed E-state index contributed by atoms with van der Waals surface area (Å²) in [6.45, 7) is 9.24. The summed E-state index contributed by atoms with van der Waals surface area (Å²) < 4.78 is 0. The molecule has 0 N–H and O–H groups in total. The molecule has 1 aliphatic rings. The predicted molar refractivity (Wildman–Crippen MR) is 214 cm³/mol. The van der Waals surface area contributed by atoms with Gasteiger partial charge in [-0.05, 0) is 116 Å². The van der Waals surface area contributed by atoms with E-state index in [-0.39, 0.29) is 5.41 Å². The first-order chi connectivity index (χ1) is 24.5. The Bertz CT molecular complexity index is 2310. The minimum Gasteiger partial charge on any atom is -0.310 e. The van der Waals surface area contributed by atoms with Gasteiger partial charge in [-0.1, -0.05) is 155 Å². The van der Waals surface area contributed by atoms with Crippen molar-refractivity contribution in [2.45, 2.75) is 46.0 Å². The molecule has 0 spiro atoms. The lowest BCUT2D eigenvalue weighted by Crippen LogP contribution is -2.16. The Morgan fingerprint density at radius 3 is 1.74 bits per heavy atom. The molecule has 7 aromatic rings. The van der Waals surface area contributed by atoms with Crippen LogP contribution in [0.1, 0.15) is 49.9 Å². The van der Waals surface area contributed by atoms with Crippen LogP contribution in [-0.2, 0) is 18.3 Å². The maximum atomic E-state index is 2.43. The van der Waals surface area contributed by atoms with Gasteiger partial charge in [0.15, 0.2) is 0 Å². The minimum absolute atomic E-state index is 0.0885. The van der Waals surface area contributed by atoms with Crippen LogP contribution in [-0.4, -0.2) is 0 Å². The average molecular weight is 646 g/mol. The Morgan fingerprint density at radius 2 is 0.960 bits per heavy atom. The molecule has 8 rings (SSSR count). The van der Waals surface area contributed by atoms with Gasteiger partial charge in [-0.15, -0.1) is 0 Å². The standard InChI is InChI=1S/C49H43N/c1-5-34-16-10-11-22-42(34)48-35(6-2)19-15-24-43(48)38-20-14-21-40(32-38)50(39-28-26-37(27-29-39)36-17-8-7-9-18-36)41-30-31-45-44-23-12-13-25-46(44)49(3,4)47(45)33-41/h7-33H,5-6H2,1-4H3. The van der Waals surface area contributed by atoms with E-state index in [9.17, 15) is 0 Å². The fourth-order valence-electron chi connectivity index (χ4n) is 8.05. The van der Waals surface area contributed by atoms with Gasteiger partial charge in [-0.3, -0.25) is 0 Å². The highest BCUT2D eigenvalue weighted by Crippen LogP contribution is 2.51. The minimum atomic E-state index is -0.0885. The van der Waals surface area contributed by atoms with E-state index in [0.717, 1.165) is 29.9 Å². The topological polar surface area (TPSA) is 3.24 Å². The second-order valence-electron chi connectivity index (χ2n) is 13.9. The van der Waals surface area contributed by atoms with Gasteiger partial charge < -0.3 is 4.90 Å². The number of nitrogens with zero attached hydrogens (tertiary/aromatic N) is 1. The highest BCUT2D eigenvalue weighted by Gasteiger charge is 2.35. The molecule has 1 aliphatic carbocycles. The van der Waals surface area contributed by atoms with Crippen molar-refractivity contribution >= 4 is 17.1 Å². The molecule has 0 amide bonds. The molecule has 0 heterocycles. The van der Waals surface area contributed by atoms with E-state index < -0.39 is 0 Å². The van der Waals surface area contributed by atoms with Gasteiger partial charge in [0, 0.05) is 22.5 Å². The third-order valence-corrected chi connectivity index (χ3v) is 10.7. The summed E-state index contributed by atoms with van der Waals surface area (Å²) in [6.07, 6.45) is 1.98. The summed E-state index contributed by atoms with van der Waals surface area (Å²) in [6, 6.07) is 60.4. The van der Waals surface area contributed by atoms with E-state index in [4.69, 9.17) is 0 Å². The van der Waals surface area contributed by atoms with E-state index in [1.165, 1.54) is 66.8 Å². The fraction of sp³-hybridized carbons (Fsp3) is 0.143. The van der Waals surface area contributed by atoms with Crippen LogP contribution in [0.25, 0.3) is 44.5 Å². The molecule has 0 unspecified atom stereocenters. The third kappa shape index (κ3) is 5.44. The molecule has 1 heteroatoms. The first kappa shape index (κ1) is 31.6. The van der Waals surface area contributed by atoms with Crippen LogP contribution in [0.5, 0.6) is 0 Å². The monoisotopic (exact) mass is 645 g/mol. The van der Waals surface area contributed by atoms with Crippen molar-refractivity contribution in [3.8, 4) is 44.5 Å². The number of fused-ring (bicyclic) bond motifs is 3. The summed E-state index contributed by atoms with van der Waals surface area (Å²) in [5.74, 6) is 0. The van der Waals surface area contributed by atoms with Crippen LogP contribution in [0.2, 0.25) is 0 Å². The molecule has 0 saturated carbocycles. The van der Waals surface area contributed by atoms with Gasteiger partial charge >= 0.3 is 0 Å². The van der Waals surface area contributed by atoms with Crippen LogP contribution in [0.4, 0.5) is 17.1 Å². The normalized spacial score (nSPS) is 12.7. The highest BCUT2D eigenvalue weighted by molar-refractivity contribution is 5.90. The Morgan fingerprint density at radius 1 is 0.400 bits per heavy atom. The summed E-state index contributed by atoms with van der Waals surface area (Å²) in [5, 5.41) is 0. The van der Waals surface area contributed by atoms with Crippen molar-refractivity contribution in [3.05, 3.63) is 186 Å². The summed E-state index contributed by atoms with van der Waals surface area (Å²) in [5.41, 5.74) is 19.2. The van der Waals surface area contributed by atoms with Gasteiger partial charge in [0.2, 0.25) is 0 Å². The Kier molecular flexibility index (Phi) is 8.21. The van der Waals surface area contributed by atoms with Crippen LogP contribution in [0.15, 0.2) is 164 Å². The molecule has 0 atom stereocenters. The number of benzene rings is 7. The SMILES string of the molecule is CCc1ccccc1-c1c(CC)cccc1-c1cccc(N(c2ccc(-c3ccccc3)cc2)c2ccc3c(c2)C(C)(C)c2ccccc2-3)c1. The zero-order valence-corrected chi connectivity index (χ0v) is 29.4. The Hall–Kier alpha value is -5.66. The molecule has 244 valence electrons. The second kappa shape index (κ2) is 13.0. The van der Waals surface area contributed by atoms with E-state index in [1.807, 2.05) is 0 Å². The van der Waals surface area contributed by atoms with Crippen molar-refractivity contribution < 1.29 is 0 Å². The van der Waals surface area contributed by atoms with Gasteiger partial charge in [-0.25, -0.2) is 0 Å². The average Bonchev–Trinajstić information content (AvgIpc) is 3.41. The van der Waals surface area contributed by atoms with E-state index in [1.54, 1.807) is 0 Å². The van der Waals surface area contributed by atoms with E-state index >= 15 is 0 Å². The molecule has 0 saturated heterocycles. The van der Waals surface area contributed by atoms with E-state index in [0.29, 0.717) is 0 Å². The number of rotatable bonds is 8. The maximum absolute atomic E-state index is 2.43. The molecular weight excluding hydrogens is 603 g/mol. The molecule has 7 aromatic carbocycles. The van der Waals surface area contributed by atoms with Crippen molar-refractivity contribution in [1.82, 2.24) is 0 Å². The van der Waals surface area contributed by atoms with Crippen LogP contribution in [0, 0.1) is 0 Å². The zero-order valence-electron chi connectivity index (χ0n) is 29.4. The number of aryl methyl sites for hydroxylation is 2. The molecule has 0 radical (unpaired) electrons. The molecule has 0 fully saturated rings. The fourth-order valence-corrected chi connectivity index (χ4v) is 8.05. The second-order valence-corrected chi connectivity index (χ2v) is 13.9. The number of hydrogen-bond donors (Lipinski definition) is 0. The quantitative estimate of drug-likeness (QED) is 0.159. The van der Waals surface area contributed by atoms with Crippen LogP contribution < -0.4 is 4.90 Å². The van der Waals surface area contributed by atoms with Gasteiger partial charge in [0.05, 0.1) is 0 Å². The summed E-state index contributed by atoms with van der Waals surface area (Å²) in [4.78, 5) is 2.43. The van der Waals surface area contributed by atoms with Crippen molar-refractivity contribution in [1.29, 1.82) is 0 Å².